The van der Waals surface area contributed by atoms with Gasteiger partial charge in [-0.15, -0.1) is 0 Å². The van der Waals surface area contributed by atoms with Crippen LogP contribution in [0.4, 0.5) is 15.8 Å². The van der Waals surface area contributed by atoms with Crippen molar-refractivity contribution in [2.45, 2.75) is 0 Å². The molecule has 112 valence electrons. The molecular formula is C14H15FN2O3S. The van der Waals surface area contributed by atoms with Crippen molar-refractivity contribution < 1.29 is 17.5 Å². The van der Waals surface area contributed by atoms with Gasteiger partial charge in [0.1, 0.15) is 23.9 Å². The molecule has 2 rings (SSSR count). The molecule has 0 aliphatic heterocycles. The SMILES string of the molecule is Nc1ccc(OCCS(=O)(=O)Nc2ccc(F)cc2)cc1. The molecule has 3 N–H and O–H groups in total. The van der Waals surface area contributed by atoms with Crippen LogP contribution < -0.4 is 15.2 Å². The van der Waals surface area contributed by atoms with E-state index in [2.05, 4.69) is 4.72 Å². The molecule has 0 saturated carbocycles. The van der Waals surface area contributed by atoms with E-state index in [1.165, 1.54) is 24.3 Å². The molecule has 0 aliphatic rings. The third-order valence-corrected chi connectivity index (χ3v) is 3.87. The summed E-state index contributed by atoms with van der Waals surface area (Å²) in [6.45, 7) is 0.000443. The Kier molecular flexibility index (Phi) is 4.64. The first-order chi connectivity index (χ1) is 9.94. The maximum absolute atomic E-state index is 12.7. The van der Waals surface area contributed by atoms with Gasteiger partial charge in [-0.05, 0) is 48.5 Å². The van der Waals surface area contributed by atoms with E-state index in [0.29, 0.717) is 17.1 Å². The van der Waals surface area contributed by atoms with Crippen molar-refractivity contribution in [2.75, 3.05) is 22.8 Å². The van der Waals surface area contributed by atoms with Crippen molar-refractivity contribution in [2.24, 2.45) is 0 Å². The topological polar surface area (TPSA) is 81.4 Å². The van der Waals surface area contributed by atoms with E-state index < -0.39 is 15.8 Å². The minimum absolute atomic E-state index is 0.000443. The Morgan fingerprint density at radius 3 is 2.29 bits per heavy atom. The first-order valence-electron chi connectivity index (χ1n) is 6.19. The average Bonchev–Trinajstić information content (AvgIpc) is 2.43. The van der Waals surface area contributed by atoms with Crippen LogP contribution in [-0.4, -0.2) is 20.8 Å². The minimum atomic E-state index is -3.55. The smallest absolute Gasteiger partial charge is 0.236 e. The molecule has 0 unspecified atom stereocenters. The highest BCUT2D eigenvalue weighted by atomic mass is 32.2. The molecular weight excluding hydrogens is 295 g/mol. The number of rotatable bonds is 6. The summed E-state index contributed by atoms with van der Waals surface area (Å²) >= 11 is 0. The van der Waals surface area contributed by atoms with Crippen molar-refractivity contribution in [1.82, 2.24) is 0 Å². The summed E-state index contributed by atoms with van der Waals surface area (Å²) in [5, 5.41) is 0. The number of benzene rings is 2. The van der Waals surface area contributed by atoms with E-state index >= 15 is 0 Å². The number of anilines is 2. The lowest BCUT2D eigenvalue weighted by atomic mass is 10.3. The number of hydrogen-bond acceptors (Lipinski definition) is 4. The second-order valence-corrected chi connectivity index (χ2v) is 6.19. The highest BCUT2D eigenvalue weighted by molar-refractivity contribution is 7.92. The lowest BCUT2D eigenvalue weighted by Gasteiger charge is -2.09. The molecule has 0 bridgehead atoms. The Morgan fingerprint density at radius 1 is 1.05 bits per heavy atom. The minimum Gasteiger partial charge on any atom is -0.492 e. The largest absolute Gasteiger partial charge is 0.492 e. The van der Waals surface area contributed by atoms with E-state index in [-0.39, 0.29) is 12.4 Å². The fourth-order valence-electron chi connectivity index (χ4n) is 1.58. The van der Waals surface area contributed by atoms with Crippen LogP contribution in [0.25, 0.3) is 0 Å². The Bertz CT molecular complexity index is 685. The summed E-state index contributed by atoms with van der Waals surface area (Å²) in [6.07, 6.45) is 0. The quantitative estimate of drug-likeness (QED) is 0.802. The molecule has 2 aromatic rings. The summed E-state index contributed by atoms with van der Waals surface area (Å²) in [7, 11) is -3.55. The lowest BCUT2D eigenvalue weighted by molar-refractivity contribution is 0.341. The molecule has 0 atom stereocenters. The average molecular weight is 310 g/mol. The Balaban J connectivity index is 1.86. The van der Waals surface area contributed by atoms with Crippen LogP contribution in [0.1, 0.15) is 0 Å². The summed E-state index contributed by atoms with van der Waals surface area (Å²) in [5.41, 5.74) is 6.45. The Labute approximate surface area is 122 Å². The predicted molar refractivity (Wildman–Crippen MR) is 80.2 cm³/mol. The van der Waals surface area contributed by atoms with Gasteiger partial charge in [0.25, 0.3) is 0 Å². The van der Waals surface area contributed by atoms with Crippen LogP contribution in [-0.2, 0) is 10.0 Å². The van der Waals surface area contributed by atoms with Gasteiger partial charge in [0.2, 0.25) is 10.0 Å². The van der Waals surface area contributed by atoms with Crippen LogP contribution in [0.5, 0.6) is 5.75 Å². The molecule has 5 nitrogen and oxygen atoms in total. The highest BCUT2D eigenvalue weighted by Crippen LogP contribution is 2.14. The predicted octanol–water partition coefficient (Wildman–Crippen LogP) is 2.23. The van der Waals surface area contributed by atoms with Gasteiger partial charge in [-0.1, -0.05) is 0 Å². The lowest BCUT2D eigenvalue weighted by Crippen LogP contribution is -2.21. The van der Waals surface area contributed by atoms with Crippen molar-refractivity contribution in [3.63, 3.8) is 0 Å². The zero-order valence-electron chi connectivity index (χ0n) is 11.1. The third kappa shape index (κ3) is 4.96. The zero-order chi connectivity index (χ0) is 15.3. The summed E-state index contributed by atoms with van der Waals surface area (Å²) in [6, 6.07) is 11.7. The zero-order valence-corrected chi connectivity index (χ0v) is 11.9. The Hall–Kier alpha value is -2.28. The van der Waals surface area contributed by atoms with E-state index in [1.54, 1.807) is 24.3 Å². The van der Waals surface area contributed by atoms with Crippen LogP contribution in [0, 0.1) is 5.82 Å². The van der Waals surface area contributed by atoms with Gasteiger partial charge in [-0.25, -0.2) is 12.8 Å². The fraction of sp³-hybridized carbons (Fsp3) is 0.143. The summed E-state index contributed by atoms with van der Waals surface area (Å²) in [5.74, 6) is -0.0970. The number of halogens is 1. The second kappa shape index (κ2) is 6.45. The van der Waals surface area contributed by atoms with E-state index in [4.69, 9.17) is 10.5 Å². The normalized spacial score (nSPS) is 11.1. The number of hydrogen-bond donors (Lipinski definition) is 2. The molecule has 0 amide bonds. The monoisotopic (exact) mass is 310 g/mol. The summed E-state index contributed by atoms with van der Waals surface area (Å²) < 4.78 is 44.0. The maximum atomic E-state index is 12.7. The van der Waals surface area contributed by atoms with Gasteiger partial charge in [-0.2, -0.15) is 0 Å². The summed E-state index contributed by atoms with van der Waals surface area (Å²) in [4.78, 5) is 0. The molecule has 0 aromatic heterocycles. The van der Waals surface area contributed by atoms with E-state index in [1.807, 2.05) is 0 Å². The van der Waals surface area contributed by atoms with Gasteiger partial charge in [0.05, 0.1) is 0 Å². The van der Waals surface area contributed by atoms with Crippen molar-refractivity contribution >= 4 is 21.4 Å². The van der Waals surface area contributed by atoms with Gasteiger partial charge in [0.15, 0.2) is 0 Å². The first kappa shape index (κ1) is 15.1. The number of nitrogen functional groups attached to an aromatic ring is 1. The van der Waals surface area contributed by atoms with E-state index in [0.717, 1.165) is 0 Å². The highest BCUT2D eigenvalue weighted by Gasteiger charge is 2.10. The third-order valence-electron chi connectivity index (χ3n) is 2.62. The fourth-order valence-corrected chi connectivity index (χ4v) is 2.48. The van der Waals surface area contributed by atoms with Gasteiger partial charge < -0.3 is 10.5 Å². The van der Waals surface area contributed by atoms with Crippen LogP contribution in [0.2, 0.25) is 0 Å². The standard InChI is InChI=1S/C14H15FN2O3S/c15-11-1-5-13(6-2-11)17-21(18,19)10-9-20-14-7-3-12(16)4-8-14/h1-8,17H,9-10,16H2. The molecule has 2 aromatic carbocycles. The van der Waals surface area contributed by atoms with Gasteiger partial charge in [0, 0.05) is 11.4 Å². The maximum Gasteiger partial charge on any atom is 0.236 e. The molecule has 0 radical (unpaired) electrons. The molecule has 7 heteroatoms. The molecule has 0 aliphatic carbocycles. The van der Waals surface area contributed by atoms with Gasteiger partial charge >= 0.3 is 0 Å². The van der Waals surface area contributed by atoms with Crippen molar-refractivity contribution in [3.05, 3.63) is 54.3 Å². The molecule has 0 saturated heterocycles. The van der Waals surface area contributed by atoms with Crippen LogP contribution in [0.15, 0.2) is 48.5 Å². The number of nitrogens with two attached hydrogens (primary N) is 1. The Morgan fingerprint density at radius 2 is 1.67 bits per heavy atom. The molecule has 0 spiro atoms. The molecule has 0 heterocycles. The van der Waals surface area contributed by atoms with Gasteiger partial charge in [-0.3, -0.25) is 4.72 Å². The van der Waals surface area contributed by atoms with Crippen LogP contribution >= 0.6 is 0 Å². The van der Waals surface area contributed by atoms with Crippen LogP contribution in [0.3, 0.4) is 0 Å². The second-order valence-electron chi connectivity index (χ2n) is 4.35. The number of sulfonamides is 1. The van der Waals surface area contributed by atoms with Crippen molar-refractivity contribution in [3.8, 4) is 5.75 Å². The van der Waals surface area contributed by atoms with Crippen molar-refractivity contribution in [1.29, 1.82) is 0 Å². The molecule has 0 fully saturated rings. The number of ether oxygens (including phenoxy) is 1. The number of nitrogens with one attached hydrogen (secondary N) is 1. The molecule has 21 heavy (non-hydrogen) atoms. The first-order valence-corrected chi connectivity index (χ1v) is 7.84. The van der Waals surface area contributed by atoms with E-state index in [9.17, 15) is 12.8 Å².